The molecule has 296 valence electrons. The lowest BCUT2D eigenvalue weighted by Gasteiger charge is -2.36. The normalized spacial score (nSPS) is 22.1. The van der Waals surface area contributed by atoms with Crippen LogP contribution in [0.2, 0.25) is 0 Å². The Morgan fingerprint density at radius 1 is 0.696 bits per heavy atom. The zero-order valence-electron chi connectivity index (χ0n) is 33.2. The van der Waals surface area contributed by atoms with E-state index in [0.717, 1.165) is 96.4 Å². The third-order valence-corrected chi connectivity index (χ3v) is 13.7. The highest BCUT2D eigenvalue weighted by Crippen LogP contribution is 2.53. The molecule has 3 atom stereocenters. The number of nitrogens with one attached hydrogen (secondary N) is 1. The van der Waals surface area contributed by atoms with E-state index in [1.807, 2.05) is 10.5 Å². The van der Waals surface area contributed by atoms with Crippen LogP contribution in [0.5, 0.6) is 11.5 Å². The molecule has 5 aliphatic heterocycles. The van der Waals surface area contributed by atoms with Gasteiger partial charge in [-0.2, -0.15) is 0 Å². The van der Waals surface area contributed by atoms with Crippen molar-refractivity contribution < 1.29 is 9.47 Å². The zero-order valence-corrected chi connectivity index (χ0v) is 33.9. The number of fused-ring (bicyclic) bond motifs is 3. The Morgan fingerprint density at radius 3 is 2.14 bits per heavy atom. The molecule has 0 saturated carbocycles. The van der Waals surface area contributed by atoms with Crippen LogP contribution in [0.1, 0.15) is 78.7 Å². The van der Waals surface area contributed by atoms with E-state index >= 15 is 0 Å². The van der Waals surface area contributed by atoms with Gasteiger partial charge in [-0.3, -0.25) is 14.2 Å². The van der Waals surface area contributed by atoms with Gasteiger partial charge in [-0.15, -0.1) is 0 Å². The lowest BCUT2D eigenvalue weighted by Crippen LogP contribution is -2.46. The van der Waals surface area contributed by atoms with Gasteiger partial charge in [-0.25, -0.2) is 0 Å². The standard InChI is InChI=1S/C47H59ClN6O2/c1-55-45-18-5-4-16-43(45)52-28-24-51(25-29-52)23-9-7-14-39-38-13-2-3-15-42(38)54(48)46(39)36-19-20-41-40(33-36)37(34-49-41)11-6-8-22-50-26-30-53(31-27-50)44-17-10-12-35-21-32-56-47(35)44/h2-5,10,12-13,15-20,33,37,39,46,49H,6-9,11,14,21-32,34H2,1H3. The zero-order chi connectivity index (χ0) is 37.8. The van der Waals surface area contributed by atoms with Crippen molar-refractivity contribution in [2.45, 2.75) is 62.8 Å². The highest BCUT2D eigenvalue weighted by atomic mass is 35.5. The monoisotopic (exact) mass is 774 g/mol. The summed E-state index contributed by atoms with van der Waals surface area (Å²) >= 11 is 7.27. The van der Waals surface area contributed by atoms with Crippen LogP contribution in [-0.2, 0) is 6.42 Å². The number of hydrogen-bond acceptors (Lipinski definition) is 8. The molecule has 9 heteroatoms. The van der Waals surface area contributed by atoms with Crippen molar-refractivity contribution in [3.8, 4) is 11.5 Å². The maximum Gasteiger partial charge on any atom is 0.145 e. The first kappa shape index (κ1) is 37.5. The number of nitrogens with zero attached hydrogens (tertiary/aromatic N) is 5. The fourth-order valence-electron chi connectivity index (χ4n) is 10.2. The molecule has 0 aromatic heterocycles. The second-order valence-electron chi connectivity index (χ2n) is 16.5. The molecule has 0 amide bonds. The van der Waals surface area contributed by atoms with Gasteiger partial charge in [-0.1, -0.05) is 67.4 Å². The first-order valence-electron chi connectivity index (χ1n) is 21.4. The molecule has 9 rings (SSSR count). The van der Waals surface area contributed by atoms with Crippen LogP contribution in [-0.4, -0.2) is 95.5 Å². The fourth-order valence-corrected chi connectivity index (χ4v) is 10.6. The molecule has 4 aromatic rings. The Morgan fingerprint density at radius 2 is 1.38 bits per heavy atom. The second kappa shape index (κ2) is 17.2. The number of unbranched alkanes of at least 4 members (excludes halogenated alkanes) is 2. The van der Waals surface area contributed by atoms with E-state index in [-0.39, 0.29) is 6.04 Å². The van der Waals surface area contributed by atoms with Crippen LogP contribution in [0.4, 0.5) is 22.7 Å². The largest absolute Gasteiger partial charge is 0.495 e. The van der Waals surface area contributed by atoms with E-state index in [1.165, 1.54) is 83.7 Å². The lowest BCUT2D eigenvalue weighted by molar-refractivity contribution is 0.250. The molecule has 2 saturated heterocycles. The summed E-state index contributed by atoms with van der Waals surface area (Å²) in [6.45, 7) is 12.9. The number of rotatable bonds is 14. The first-order valence-corrected chi connectivity index (χ1v) is 21.7. The molecular weight excluding hydrogens is 716 g/mol. The second-order valence-corrected chi connectivity index (χ2v) is 16.9. The Labute approximate surface area is 339 Å². The number of piperazine rings is 2. The summed E-state index contributed by atoms with van der Waals surface area (Å²) in [5.41, 5.74) is 10.6. The average molecular weight is 775 g/mol. The summed E-state index contributed by atoms with van der Waals surface area (Å²) in [6, 6.07) is 31.2. The van der Waals surface area contributed by atoms with E-state index in [9.17, 15) is 0 Å². The van der Waals surface area contributed by atoms with Gasteiger partial charge in [0.1, 0.15) is 11.5 Å². The number of halogens is 1. The summed E-state index contributed by atoms with van der Waals surface area (Å²) < 4.78 is 13.7. The van der Waals surface area contributed by atoms with Gasteiger partial charge in [0, 0.05) is 94.6 Å². The van der Waals surface area contributed by atoms with Crippen LogP contribution in [0.15, 0.2) is 84.9 Å². The minimum atomic E-state index is 0.146. The topological polar surface area (TPSA) is 46.7 Å². The van der Waals surface area contributed by atoms with Crippen LogP contribution in [0.25, 0.3) is 0 Å². The van der Waals surface area contributed by atoms with Crippen molar-refractivity contribution in [3.63, 3.8) is 0 Å². The SMILES string of the molecule is COc1ccccc1N1CCN(CCCCC2c3ccccc3N(Cl)C2c2ccc3c(c2)C(CCCCN2CCN(c4cccc5c4OCC5)CC2)CN3)CC1. The smallest absolute Gasteiger partial charge is 0.145 e. The molecule has 4 aromatic carbocycles. The van der Waals surface area contributed by atoms with Crippen LogP contribution in [0.3, 0.4) is 0 Å². The van der Waals surface area contributed by atoms with Crippen molar-refractivity contribution in [2.75, 3.05) is 105 Å². The molecule has 0 bridgehead atoms. The van der Waals surface area contributed by atoms with E-state index in [1.54, 1.807) is 7.11 Å². The van der Waals surface area contributed by atoms with Crippen LogP contribution in [0, 0.1) is 0 Å². The molecule has 2 fully saturated rings. The number of methoxy groups -OCH3 is 1. The Balaban J connectivity index is 0.768. The predicted octanol–water partition coefficient (Wildman–Crippen LogP) is 8.92. The molecule has 1 N–H and O–H groups in total. The Hall–Kier alpha value is -4.11. The van der Waals surface area contributed by atoms with Gasteiger partial charge in [0.05, 0.1) is 36.8 Å². The molecule has 5 heterocycles. The number of anilines is 4. The predicted molar refractivity (Wildman–Crippen MR) is 232 cm³/mol. The van der Waals surface area contributed by atoms with Crippen molar-refractivity contribution in [2.24, 2.45) is 0 Å². The van der Waals surface area contributed by atoms with E-state index in [4.69, 9.17) is 21.3 Å². The number of hydrogen-bond donors (Lipinski definition) is 1. The lowest BCUT2D eigenvalue weighted by atomic mass is 9.84. The molecule has 3 unspecified atom stereocenters. The maximum atomic E-state index is 7.27. The van der Waals surface area contributed by atoms with Gasteiger partial charge < -0.3 is 24.6 Å². The number of ether oxygens (including phenoxy) is 2. The molecule has 56 heavy (non-hydrogen) atoms. The maximum absolute atomic E-state index is 7.27. The average Bonchev–Trinajstić information content (AvgIpc) is 3.97. The molecule has 0 spiro atoms. The van der Waals surface area contributed by atoms with Crippen molar-refractivity contribution in [1.29, 1.82) is 0 Å². The van der Waals surface area contributed by atoms with Crippen LogP contribution < -0.4 is 29.0 Å². The summed E-state index contributed by atoms with van der Waals surface area (Å²) in [7, 11) is 1.77. The summed E-state index contributed by atoms with van der Waals surface area (Å²) in [6.07, 6.45) is 8.31. The van der Waals surface area contributed by atoms with Crippen molar-refractivity contribution in [3.05, 3.63) is 107 Å². The molecule has 0 radical (unpaired) electrons. The first-order chi connectivity index (χ1) is 27.6. The molecule has 0 aliphatic carbocycles. The molecule has 5 aliphatic rings. The Kier molecular flexibility index (Phi) is 11.5. The van der Waals surface area contributed by atoms with Gasteiger partial charge in [0.25, 0.3) is 0 Å². The summed E-state index contributed by atoms with van der Waals surface area (Å²) in [5.74, 6) is 3.03. The number of benzene rings is 4. The highest BCUT2D eigenvalue weighted by molar-refractivity contribution is 6.27. The third-order valence-electron chi connectivity index (χ3n) is 13.3. The number of para-hydroxylation sites is 4. The fraction of sp³-hybridized carbons (Fsp3) is 0.489. The van der Waals surface area contributed by atoms with Crippen molar-refractivity contribution in [1.82, 2.24) is 9.80 Å². The van der Waals surface area contributed by atoms with Gasteiger partial charge >= 0.3 is 0 Å². The summed E-state index contributed by atoms with van der Waals surface area (Å²) in [4.78, 5) is 10.3. The van der Waals surface area contributed by atoms with Crippen molar-refractivity contribution >= 4 is 34.5 Å². The van der Waals surface area contributed by atoms with E-state index < -0.39 is 0 Å². The Bertz CT molecular complexity index is 1940. The highest BCUT2D eigenvalue weighted by Gasteiger charge is 2.39. The van der Waals surface area contributed by atoms with E-state index in [2.05, 4.69) is 104 Å². The minimum Gasteiger partial charge on any atom is -0.495 e. The van der Waals surface area contributed by atoms with Crippen LogP contribution >= 0.6 is 11.8 Å². The summed E-state index contributed by atoms with van der Waals surface area (Å²) in [5, 5.41) is 3.74. The minimum absolute atomic E-state index is 0.146. The molecule has 8 nitrogen and oxygen atoms in total. The van der Waals surface area contributed by atoms with Gasteiger partial charge in [-0.05, 0) is 91.4 Å². The quantitative estimate of drug-likeness (QED) is 0.101. The van der Waals surface area contributed by atoms with E-state index in [0.29, 0.717) is 11.8 Å². The molecular formula is C47H59ClN6O2. The van der Waals surface area contributed by atoms with Gasteiger partial charge in [0.15, 0.2) is 0 Å². The van der Waals surface area contributed by atoms with Gasteiger partial charge in [0.2, 0.25) is 0 Å². The third kappa shape index (κ3) is 7.77.